The Morgan fingerprint density at radius 2 is 1.23 bits per heavy atom. The number of hydrogen-bond donors (Lipinski definition) is 0. The Hall–Kier alpha value is -3.26. The van der Waals surface area contributed by atoms with Crippen molar-refractivity contribution in [2.45, 2.75) is 12.8 Å². The van der Waals surface area contributed by atoms with Gasteiger partial charge in [-0.1, -0.05) is 60.7 Å². The number of aromatic nitrogens is 2. The van der Waals surface area contributed by atoms with E-state index in [-0.39, 0.29) is 0 Å². The van der Waals surface area contributed by atoms with Crippen LogP contribution in [0.3, 0.4) is 0 Å². The van der Waals surface area contributed by atoms with E-state index in [1.54, 1.807) is 6.20 Å². The van der Waals surface area contributed by atoms with E-state index in [4.69, 9.17) is 4.98 Å². The van der Waals surface area contributed by atoms with Crippen LogP contribution in [0.5, 0.6) is 0 Å². The molecule has 2 nitrogen and oxygen atoms in total. The highest BCUT2D eigenvalue weighted by Crippen LogP contribution is 2.22. The van der Waals surface area contributed by atoms with E-state index in [1.165, 1.54) is 11.1 Å². The zero-order valence-corrected chi connectivity index (χ0v) is 14.5. The molecule has 0 aliphatic heterocycles. The summed E-state index contributed by atoms with van der Waals surface area (Å²) in [5.74, 6) is 0. The fraction of sp³-hybridized carbons (Fsp3) is 0.0833. The van der Waals surface area contributed by atoms with Gasteiger partial charge in [0.1, 0.15) is 0 Å². The second-order valence-corrected chi connectivity index (χ2v) is 6.31. The van der Waals surface area contributed by atoms with Gasteiger partial charge >= 0.3 is 0 Å². The fourth-order valence-corrected chi connectivity index (χ4v) is 3.07. The van der Waals surface area contributed by atoms with E-state index >= 15 is 0 Å². The summed E-state index contributed by atoms with van der Waals surface area (Å²) in [6.45, 7) is 0. The molecule has 2 aromatic carbocycles. The molecule has 0 spiro atoms. The van der Waals surface area contributed by atoms with Gasteiger partial charge in [-0.2, -0.15) is 0 Å². The van der Waals surface area contributed by atoms with Crippen molar-refractivity contribution in [3.8, 4) is 22.6 Å². The molecule has 0 atom stereocenters. The minimum atomic E-state index is 0.898. The molecule has 2 aromatic heterocycles. The van der Waals surface area contributed by atoms with Gasteiger partial charge in [-0.3, -0.25) is 4.98 Å². The Morgan fingerprint density at radius 1 is 0.538 bits per heavy atom. The Kier molecular flexibility index (Phi) is 4.83. The summed E-state index contributed by atoms with van der Waals surface area (Å²) in [4.78, 5) is 9.21. The van der Waals surface area contributed by atoms with Crippen molar-refractivity contribution in [2.24, 2.45) is 0 Å². The molecule has 0 amide bonds. The molecule has 0 saturated heterocycles. The van der Waals surface area contributed by atoms with Gasteiger partial charge in [0.2, 0.25) is 0 Å². The SMILES string of the molecule is c1ccc(CCc2cccc(-c3cccc(-c4ccccn4)n3)c2)cc1. The number of benzene rings is 2. The molecule has 0 N–H and O–H groups in total. The molecule has 126 valence electrons. The number of pyridine rings is 2. The maximum absolute atomic E-state index is 4.81. The highest BCUT2D eigenvalue weighted by molar-refractivity contribution is 5.64. The van der Waals surface area contributed by atoms with E-state index < -0.39 is 0 Å². The van der Waals surface area contributed by atoms with Gasteiger partial charge < -0.3 is 0 Å². The van der Waals surface area contributed by atoms with E-state index in [0.29, 0.717) is 0 Å². The van der Waals surface area contributed by atoms with Crippen molar-refractivity contribution in [3.63, 3.8) is 0 Å². The van der Waals surface area contributed by atoms with Crippen molar-refractivity contribution < 1.29 is 0 Å². The molecule has 0 unspecified atom stereocenters. The summed E-state index contributed by atoms with van der Waals surface area (Å²) in [5, 5.41) is 0. The van der Waals surface area contributed by atoms with E-state index in [1.807, 2.05) is 30.3 Å². The molecule has 4 aromatic rings. The molecule has 0 aliphatic carbocycles. The van der Waals surface area contributed by atoms with Gasteiger partial charge in [-0.25, -0.2) is 4.98 Å². The summed E-state index contributed by atoms with van der Waals surface area (Å²) in [6, 6.07) is 31.3. The lowest BCUT2D eigenvalue weighted by molar-refractivity contribution is 0.960. The van der Waals surface area contributed by atoms with Crippen LogP contribution in [0, 0.1) is 0 Å². The first-order chi connectivity index (χ1) is 12.9. The minimum Gasteiger partial charge on any atom is -0.255 e. The quantitative estimate of drug-likeness (QED) is 0.474. The van der Waals surface area contributed by atoms with E-state index in [9.17, 15) is 0 Å². The van der Waals surface area contributed by atoms with Crippen LogP contribution < -0.4 is 0 Å². The fourth-order valence-electron chi connectivity index (χ4n) is 3.07. The summed E-state index contributed by atoms with van der Waals surface area (Å²) in [6.07, 6.45) is 3.87. The summed E-state index contributed by atoms with van der Waals surface area (Å²) in [7, 11) is 0. The Bertz CT molecular complexity index is 979. The van der Waals surface area contributed by atoms with Crippen LogP contribution in [0.2, 0.25) is 0 Å². The van der Waals surface area contributed by atoms with Crippen LogP contribution >= 0.6 is 0 Å². The second kappa shape index (κ2) is 7.75. The highest BCUT2D eigenvalue weighted by Gasteiger charge is 2.05. The summed E-state index contributed by atoms with van der Waals surface area (Å²) in [5.41, 5.74) is 6.62. The van der Waals surface area contributed by atoms with Crippen LogP contribution in [-0.4, -0.2) is 9.97 Å². The first-order valence-electron chi connectivity index (χ1n) is 8.90. The van der Waals surface area contributed by atoms with Crippen LogP contribution in [0.4, 0.5) is 0 Å². The third kappa shape index (κ3) is 3.86. The molecular formula is C24H20N2. The number of nitrogens with zero attached hydrogens (tertiary/aromatic N) is 2. The Balaban J connectivity index is 1.57. The van der Waals surface area contributed by atoms with E-state index in [2.05, 4.69) is 65.6 Å². The van der Waals surface area contributed by atoms with Gasteiger partial charge in [0.25, 0.3) is 0 Å². The standard InChI is InChI=1S/C24H20N2/c1-2-8-19(9-3-1)15-16-20-10-6-11-21(18-20)22-13-7-14-24(26-22)23-12-4-5-17-25-23/h1-14,17-18H,15-16H2. The number of rotatable bonds is 5. The summed E-state index contributed by atoms with van der Waals surface area (Å²) >= 11 is 0. The maximum atomic E-state index is 4.81. The van der Waals surface area contributed by atoms with Crippen LogP contribution in [0.1, 0.15) is 11.1 Å². The van der Waals surface area contributed by atoms with Crippen molar-refractivity contribution in [2.75, 3.05) is 0 Å². The van der Waals surface area contributed by atoms with Gasteiger partial charge in [0, 0.05) is 11.8 Å². The van der Waals surface area contributed by atoms with Gasteiger partial charge in [-0.15, -0.1) is 0 Å². The predicted octanol–water partition coefficient (Wildman–Crippen LogP) is 5.60. The molecule has 0 aliphatic rings. The third-order valence-corrected chi connectivity index (χ3v) is 4.44. The smallest absolute Gasteiger partial charge is 0.0893 e. The topological polar surface area (TPSA) is 25.8 Å². The van der Waals surface area contributed by atoms with Gasteiger partial charge in [0.15, 0.2) is 0 Å². The Labute approximate surface area is 154 Å². The second-order valence-electron chi connectivity index (χ2n) is 6.31. The Morgan fingerprint density at radius 3 is 2.08 bits per heavy atom. The van der Waals surface area contributed by atoms with Crippen molar-refractivity contribution >= 4 is 0 Å². The average molecular weight is 336 g/mol. The minimum absolute atomic E-state index is 0.898. The lowest BCUT2D eigenvalue weighted by Gasteiger charge is -2.07. The molecule has 0 bridgehead atoms. The number of hydrogen-bond acceptors (Lipinski definition) is 2. The molecule has 26 heavy (non-hydrogen) atoms. The first-order valence-corrected chi connectivity index (χ1v) is 8.90. The van der Waals surface area contributed by atoms with Gasteiger partial charge in [-0.05, 0) is 54.3 Å². The predicted molar refractivity (Wildman–Crippen MR) is 107 cm³/mol. The molecule has 0 fully saturated rings. The first kappa shape index (κ1) is 16.2. The normalized spacial score (nSPS) is 10.6. The molecule has 2 heteroatoms. The largest absolute Gasteiger partial charge is 0.255 e. The lowest BCUT2D eigenvalue weighted by atomic mass is 10.0. The van der Waals surface area contributed by atoms with Crippen LogP contribution in [-0.2, 0) is 12.8 Å². The zero-order chi connectivity index (χ0) is 17.6. The van der Waals surface area contributed by atoms with Crippen molar-refractivity contribution in [1.82, 2.24) is 9.97 Å². The third-order valence-electron chi connectivity index (χ3n) is 4.44. The summed E-state index contributed by atoms with van der Waals surface area (Å²) < 4.78 is 0. The molecule has 0 radical (unpaired) electrons. The van der Waals surface area contributed by atoms with Crippen molar-refractivity contribution in [1.29, 1.82) is 0 Å². The molecule has 4 rings (SSSR count). The van der Waals surface area contributed by atoms with Crippen LogP contribution in [0.25, 0.3) is 22.6 Å². The highest BCUT2D eigenvalue weighted by atomic mass is 14.8. The van der Waals surface area contributed by atoms with Crippen molar-refractivity contribution in [3.05, 3.63) is 108 Å². The molecular weight excluding hydrogens is 316 g/mol. The lowest BCUT2D eigenvalue weighted by Crippen LogP contribution is -1.93. The van der Waals surface area contributed by atoms with Gasteiger partial charge in [0.05, 0.1) is 17.1 Å². The molecule has 2 heterocycles. The van der Waals surface area contributed by atoms with Crippen LogP contribution in [0.15, 0.2) is 97.2 Å². The maximum Gasteiger partial charge on any atom is 0.0893 e. The molecule has 0 saturated carbocycles. The van der Waals surface area contributed by atoms with E-state index in [0.717, 1.165) is 35.5 Å². The monoisotopic (exact) mass is 336 g/mol. The number of aryl methyl sites for hydroxylation is 2. The average Bonchev–Trinajstić information content (AvgIpc) is 2.74. The zero-order valence-electron chi connectivity index (χ0n) is 14.5.